The second kappa shape index (κ2) is 7.93. The number of nitrogens with one attached hydrogen (secondary N) is 1. The first-order chi connectivity index (χ1) is 12.8. The Morgan fingerprint density at radius 2 is 2.11 bits per heavy atom. The highest BCUT2D eigenvalue weighted by Crippen LogP contribution is 2.24. The van der Waals surface area contributed by atoms with Gasteiger partial charge in [-0.25, -0.2) is 18.1 Å². The molecule has 0 bridgehead atoms. The predicted molar refractivity (Wildman–Crippen MR) is 105 cm³/mol. The van der Waals surface area contributed by atoms with E-state index in [-0.39, 0.29) is 17.7 Å². The molecule has 0 unspecified atom stereocenters. The first-order valence-electron chi connectivity index (χ1n) is 9.47. The SMILES string of the molecule is CCCS(=O)(=O)N1CCCC[C@H]1C(=O)Nc1cnc2c(cnn2C(C)C)c1. The molecule has 1 N–H and O–H groups in total. The van der Waals surface area contributed by atoms with Crippen LogP contribution in [0.3, 0.4) is 0 Å². The van der Waals surface area contributed by atoms with Crippen molar-refractivity contribution in [2.75, 3.05) is 17.6 Å². The molecular weight excluding hydrogens is 366 g/mol. The Balaban J connectivity index is 1.80. The molecule has 0 aromatic carbocycles. The van der Waals surface area contributed by atoms with Crippen LogP contribution in [0.15, 0.2) is 18.5 Å². The quantitative estimate of drug-likeness (QED) is 0.813. The van der Waals surface area contributed by atoms with Crippen molar-refractivity contribution in [3.8, 4) is 0 Å². The minimum Gasteiger partial charge on any atom is -0.323 e. The summed E-state index contributed by atoms with van der Waals surface area (Å²) in [5, 5.41) is 8.00. The molecule has 3 rings (SSSR count). The van der Waals surface area contributed by atoms with Gasteiger partial charge in [0.25, 0.3) is 0 Å². The van der Waals surface area contributed by atoms with Crippen LogP contribution < -0.4 is 5.32 Å². The van der Waals surface area contributed by atoms with Gasteiger partial charge in [0.2, 0.25) is 15.9 Å². The van der Waals surface area contributed by atoms with E-state index in [1.54, 1.807) is 12.4 Å². The average molecular weight is 394 g/mol. The molecule has 1 aliphatic rings. The van der Waals surface area contributed by atoms with E-state index < -0.39 is 16.1 Å². The number of hydrogen-bond acceptors (Lipinski definition) is 5. The molecule has 148 valence electrons. The van der Waals surface area contributed by atoms with E-state index >= 15 is 0 Å². The number of sulfonamides is 1. The van der Waals surface area contributed by atoms with E-state index in [0.29, 0.717) is 25.1 Å². The highest BCUT2D eigenvalue weighted by molar-refractivity contribution is 7.89. The van der Waals surface area contributed by atoms with Gasteiger partial charge in [-0.05, 0) is 39.2 Å². The van der Waals surface area contributed by atoms with Crippen LogP contribution in [-0.4, -0.2) is 51.7 Å². The van der Waals surface area contributed by atoms with Gasteiger partial charge in [-0.15, -0.1) is 0 Å². The summed E-state index contributed by atoms with van der Waals surface area (Å²) < 4.78 is 28.2. The molecule has 27 heavy (non-hydrogen) atoms. The molecule has 3 heterocycles. The van der Waals surface area contributed by atoms with E-state index in [9.17, 15) is 13.2 Å². The number of aromatic nitrogens is 3. The minimum absolute atomic E-state index is 0.0681. The summed E-state index contributed by atoms with van der Waals surface area (Å²) in [5.41, 5.74) is 1.31. The lowest BCUT2D eigenvalue weighted by Crippen LogP contribution is -2.50. The number of piperidine rings is 1. The fourth-order valence-electron chi connectivity index (χ4n) is 3.49. The topological polar surface area (TPSA) is 97.2 Å². The lowest BCUT2D eigenvalue weighted by atomic mass is 10.0. The Kier molecular flexibility index (Phi) is 5.81. The number of carbonyl (C=O) groups excluding carboxylic acids is 1. The molecule has 2 aromatic heterocycles. The Morgan fingerprint density at radius 1 is 1.33 bits per heavy atom. The zero-order valence-electron chi connectivity index (χ0n) is 16.1. The van der Waals surface area contributed by atoms with Gasteiger partial charge in [0.1, 0.15) is 6.04 Å². The number of amides is 1. The number of carbonyl (C=O) groups is 1. The number of hydrogen-bond donors (Lipinski definition) is 1. The normalized spacial score (nSPS) is 18.9. The van der Waals surface area contributed by atoms with Crippen molar-refractivity contribution in [2.45, 2.75) is 58.5 Å². The summed E-state index contributed by atoms with van der Waals surface area (Å²) in [6.45, 7) is 6.28. The highest BCUT2D eigenvalue weighted by Gasteiger charge is 2.36. The molecule has 1 saturated heterocycles. The zero-order chi connectivity index (χ0) is 19.6. The maximum atomic E-state index is 12.8. The summed E-state index contributed by atoms with van der Waals surface area (Å²) in [6, 6.07) is 1.35. The number of pyridine rings is 1. The summed E-state index contributed by atoms with van der Waals surface area (Å²) in [6.07, 6.45) is 6.01. The van der Waals surface area contributed by atoms with Crippen molar-refractivity contribution in [1.29, 1.82) is 0 Å². The van der Waals surface area contributed by atoms with Gasteiger partial charge in [0, 0.05) is 18.0 Å². The minimum atomic E-state index is -3.42. The van der Waals surface area contributed by atoms with Crippen LogP contribution in [0.2, 0.25) is 0 Å². The number of rotatable bonds is 6. The maximum Gasteiger partial charge on any atom is 0.242 e. The monoisotopic (exact) mass is 393 g/mol. The number of fused-ring (bicyclic) bond motifs is 1. The third kappa shape index (κ3) is 4.14. The van der Waals surface area contributed by atoms with Crippen molar-refractivity contribution in [2.24, 2.45) is 0 Å². The van der Waals surface area contributed by atoms with Gasteiger partial charge in [-0.3, -0.25) is 4.79 Å². The van der Waals surface area contributed by atoms with Gasteiger partial charge in [-0.2, -0.15) is 9.40 Å². The van der Waals surface area contributed by atoms with E-state index in [0.717, 1.165) is 23.9 Å². The third-order valence-electron chi connectivity index (χ3n) is 4.77. The second-order valence-electron chi connectivity index (χ2n) is 7.25. The largest absolute Gasteiger partial charge is 0.323 e. The van der Waals surface area contributed by atoms with Crippen molar-refractivity contribution in [3.05, 3.63) is 18.5 Å². The molecule has 1 aliphatic heterocycles. The van der Waals surface area contributed by atoms with Crippen LogP contribution >= 0.6 is 0 Å². The molecule has 0 radical (unpaired) electrons. The average Bonchev–Trinajstić information content (AvgIpc) is 3.05. The standard InChI is InChI=1S/C18H27N5O3S/c1-4-9-27(25,26)22-8-6-5-7-16(22)18(24)21-15-10-14-11-20-23(13(2)3)17(14)19-12-15/h10-13,16H,4-9H2,1-3H3,(H,21,24)/t16-/m0/s1. The molecule has 1 atom stereocenters. The smallest absolute Gasteiger partial charge is 0.242 e. The molecular formula is C18H27N5O3S. The molecule has 1 fully saturated rings. The van der Waals surface area contributed by atoms with Crippen molar-refractivity contribution >= 4 is 32.7 Å². The second-order valence-corrected chi connectivity index (χ2v) is 9.29. The van der Waals surface area contributed by atoms with Crippen LogP contribution in [0.25, 0.3) is 11.0 Å². The van der Waals surface area contributed by atoms with Crippen LogP contribution in [0, 0.1) is 0 Å². The van der Waals surface area contributed by atoms with Gasteiger partial charge in [0.05, 0.1) is 23.8 Å². The fraction of sp³-hybridized carbons (Fsp3) is 0.611. The van der Waals surface area contributed by atoms with E-state index in [4.69, 9.17) is 0 Å². The van der Waals surface area contributed by atoms with Crippen molar-refractivity contribution in [3.63, 3.8) is 0 Å². The Labute approximate surface area is 160 Å². The maximum absolute atomic E-state index is 12.8. The van der Waals surface area contributed by atoms with Crippen LogP contribution in [0.5, 0.6) is 0 Å². The first kappa shape index (κ1) is 19.8. The summed E-state index contributed by atoms with van der Waals surface area (Å²) >= 11 is 0. The van der Waals surface area contributed by atoms with E-state index in [2.05, 4.69) is 15.4 Å². The molecule has 2 aromatic rings. The Bertz CT molecular complexity index is 922. The molecule has 9 heteroatoms. The van der Waals surface area contributed by atoms with Gasteiger partial charge in [-0.1, -0.05) is 13.3 Å². The molecule has 0 saturated carbocycles. The summed E-state index contributed by atoms with van der Waals surface area (Å²) in [4.78, 5) is 17.2. The third-order valence-corrected chi connectivity index (χ3v) is 6.84. The number of nitrogens with zero attached hydrogens (tertiary/aromatic N) is 4. The summed E-state index contributed by atoms with van der Waals surface area (Å²) in [7, 11) is -3.42. The molecule has 1 amide bonds. The molecule has 0 spiro atoms. The highest BCUT2D eigenvalue weighted by atomic mass is 32.2. The van der Waals surface area contributed by atoms with Crippen LogP contribution in [0.1, 0.15) is 52.5 Å². The van der Waals surface area contributed by atoms with Crippen molar-refractivity contribution in [1.82, 2.24) is 19.1 Å². The fourth-order valence-corrected chi connectivity index (χ4v) is 5.23. The van der Waals surface area contributed by atoms with Gasteiger partial charge in [0.15, 0.2) is 5.65 Å². The molecule has 0 aliphatic carbocycles. The Hall–Kier alpha value is -2.00. The van der Waals surface area contributed by atoms with Crippen LogP contribution in [-0.2, 0) is 14.8 Å². The molecule has 8 nitrogen and oxygen atoms in total. The first-order valence-corrected chi connectivity index (χ1v) is 11.1. The van der Waals surface area contributed by atoms with E-state index in [1.165, 1.54) is 4.31 Å². The van der Waals surface area contributed by atoms with Gasteiger partial charge < -0.3 is 5.32 Å². The zero-order valence-corrected chi connectivity index (χ0v) is 16.9. The predicted octanol–water partition coefficient (Wildman–Crippen LogP) is 2.54. The Morgan fingerprint density at radius 3 is 2.81 bits per heavy atom. The van der Waals surface area contributed by atoms with Crippen LogP contribution in [0.4, 0.5) is 5.69 Å². The van der Waals surface area contributed by atoms with Crippen molar-refractivity contribution < 1.29 is 13.2 Å². The number of anilines is 1. The summed E-state index contributed by atoms with van der Waals surface area (Å²) in [5.74, 6) is -0.231. The lowest BCUT2D eigenvalue weighted by molar-refractivity contribution is -0.120. The van der Waals surface area contributed by atoms with E-state index in [1.807, 2.05) is 31.5 Å². The van der Waals surface area contributed by atoms with Gasteiger partial charge >= 0.3 is 0 Å². The lowest BCUT2D eigenvalue weighted by Gasteiger charge is -2.33.